The second-order valence-electron chi connectivity index (χ2n) is 4.81. The number of nitrogens with zero attached hydrogens (tertiary/aromatic N) is 1. The van der Waals surface area contributed by atoms with Crippen LogP contribution in [0.25, 0.3) is 10.1 Å². The van der Waals surface area contributed by atoms with Crippen LogP contribution in [0.3, 0.4) is 0 Å². The Labute approximate surface area is 135 Å². The molecule has 0 radical (unpaired) electrons. The summed E-state index contributed by atoms with van der Waals surface area (Å²) in [6, 6.07) is 12.4. The zero-order valence-corrected chi connectivity index (χ0v) is 12.8. The van der Waals surface area contributed by atoms with Crippen LogP contribution in [0, 0.1) is 0 Å². The third-order valence-corrected chi connectivity index (χ3v) is 4.36. The van der Waals surface area contributed by atoms with Crippen LogP contribution >= 0.6 is 11.3 Å². The molecular weight excluding hydrogens is 314 g/mol. The van der Waals surface area contributed by atoms with Gasteiger partial charge in [0.1, 0.15) is 0 Å². The molecule has 3 N–H and O–H groups in total. The average Bonchev–Trinajstić information content (AvgIpc) is 3.03. The van der Waals surface area contributed by atoms with Gasteiger partial charge in [0.25, 0.3) is 11.8 Å². The van der Waals surface area contributed by atoms with Crippen molar-refractivity contribution in [2.45, 2.75) is 6.54 Å². The van der Waals surface area contributed by atoms with E-state index < -0.39 is 5.91 Å². The quantitative estimate of drug-likeness (QED) is 0.507. The molecule has 0 saturated carbocycles. The predicted octanol–water partition coefficient (Wildman–Crippen LogP) is 2.35. The molecule has 0 bridgehead atoms. The number of hydrogen-bond acceptors (Lipinski definition) is 5. The number of carbonyl (C=O) groups excluding carboxylic acids is 2. The highest BCUT2D eigenvalue weighted by molar-refractivity contribution is 7.20. The van der Waals surface area contributed by atoms with Gasteiger partial charge in [0.15, 0.2) is 0 Å². The number of carbonyl (C=O) groups is 2. The molecule has 0 spiro atoms. The lowest BCUT2D eigenvalue weighted by Gasteiger charge is -2.04. The van der Waals surface area contributed by atoms with Crippen molar-refractivity contribution >= 4 is 33.2 Å². The zero-order valence-electron chi connectivity index (χ0n) is 11.9. The summed E-state index contributed by atoms with van der Waals surface area (Å²) in [5.74, 6) is -0.772. The van der Waals surface area contributed by atoms with Crippen LogP contribution in [0.15, 0.2) is 48.7 Å². The molecular formula is C16H13N3O3S. The van der Waals surface area contributed by atoms with E-state index in [9.17, 15) is 9.59 Å². The summed E-state index contributed by atoms with van der Waals surface area (Å²) >= 11 is 1.21. The number of amides is 2. The summed E-state index contributed by atoms with van der Waals surface area (Å²) in [5, 5.41) is 12.3. The topological polar surface area (TPSA) is 91.3 Å². The lowest BCUT2D eigenvalue weighted by atomic mass is 10.1. The Morgan fingerprint density at radius 1 is 1.13 bits per heavy atom. The molecule has 2 aromatic heterocycles. The fourth-order valence-electron chi connectivity index (χ4n) is 2.11. The van der Waals surface area contributed by atoms with Gasteiger partial charge >= 0.3 is 0 Å². The summed E-state index contributed by atoms with van der Waals surface area (Å²) in [7, 11) is 0. The molecule has 1 aromatic carbocycles. The van der Waals surface area contributed by atoms with Crippen molar-refractivity contribution in [2.75, 3.05) is 0 Å². The molecule has 3 rings (SSSR count). The van der Waals surface area contributed by atoms with E-state index in [-0.39, 0.29) is 5.91 Å². The minimum absolute atomic E-state index is 0.209. The van der Waals surface area contributed by atoms with Gasteiger partial charge in [0.2, 0.25) is 0 Å². The smallest absolute Gasteiger partial charge is 0.284 e. The number of rotatable bonds is 4. The monoisotopic (exact) mass is 327 g/mol. The molecule has 0 aliphatic heterocycles. The van der Waals surface area contributed by atoms with Gasteiger partial charge in [0, 0.05) is 16.5 Å². The minimum atomic E-state index is -0.563. The van der Waals surface area contributed by atoms with Gasteiger partial charge in [0.05, 0.1) is 17.1 Å². The van der Waals surface area contributed by atoms with E-state index in [1.165, 1.54) is 11.3 Å². The van der Waals surface area contributed by atoms with E-state index >= 15 is 0 Å². The van der Waals surface area contributed by atoms with Gasteiger partial charge in [-0.25, -0.2) is 5.48 Å². The summed E-state index contributed by atoms with van der Waals surface area (Å²) < 4.78 is 0.800. The molecule has 0 atom stereocenters. The molecule has 2 amide bonds. The first kappa shape index (κ1) is 15.1. The van der Waals surface area contributed by atoms with Gasteiger partial charge in [-0.1, -0.05) is 12.1 Å². The van der Waals surface area contributed by atoms with Crippen LogP contribution < -0.4 is 10.8 Å². The number of benzene rings is 1. The fraction of sp³-hybridized carbons (Fsp3) is 0.0625. The fourth-order valence-corrected chi connectivity index (χ4v) is 3.11. The van der Waals surface area contributed by atoms with Crippen LogP contribution in [0.1, 0.15) is 25.7 Å². The molecule has 3 aromatic rings. The molecule has 0 aliphatic rings. The number of aromatic nitrogens is 1. The van der Waals surface area contributed by atoms with Crippen LogP contribution in [0.2, 0.25) is 0 Å². The lowest BCUT2D eigenvalue weighted by Crippen LogP contribution is -2.23. The van der Waals surface area contributed by atoms with Crippen molar-refractivity contribution in [1.29, 1.82) is 0 Å². The Hall–Kier alpha value is -2.77. The normalized spacial score (nSPS) is 10.5. The maximum absolute atomic E-state index is 12.2. The maximum atomic E-state index is 12.2. The molecule has 23 heavy (non-hydrogen) atoms. The molecule has 0 aliphatic carbocycles. The first-order chi connectivity index (χ1) is 11.2. The van der Waals surface area contributed by atoms with Crippen LogP contribution in [-0.2, 0) is 6.54 Å². The maximum Gasteiger partial charge on any atom is 0.284 e. The van der Waals surface area contributed by atoms with Crippen LogP contribution in [0.4, 0.5) is 0 Å². The van der Waals surface area contributed by atoms with Gasteiger partial charge in [-0.2, -0.15) is 0 Å². The lowest BCUT2D eigenvalue weighted by molar-refractivity contribution is 0.0711. The first-order valence-corrected chi connectivity index (χ1v) is 7.65. The molecule has 0 fully saturated rings. The van der Waals surface area contributed by atoms with Crippen molar-refractivity contribution in [1.82, 2.24) is 15.8 Å². The predicted molar refractivity (Wildman–Crippen MR) is 86.5 cm³/mol. The molecule has 6 nitrogen and oxygen atoms in total. The number of pyridine rings is 1. The molecule has 7 heteroatoms. The Balaban J connectivity index is 1.77. The van der Waals surface area contributed by atoms with Crippen molar-refractivity contribution in [3.8, 4) is 0 Å². The highest BCUT2D eigenvalue weighted by Gasteiger charge is 2.12. The van der Waals surface area contributed by atoms with Gasteiger partial charge < -0.3 is 5.32 Å². The van der Waals surface area contributed by atoms with Crippen molar-refractivity contribution in [2.24, 2.45) is 0 Å². The Morgan fingerprint density at radius 2 is 2.00 bits per heavy atom. The Bertz CT molecular complexity index is 861. The largest absolute Gasteiger partial charge is 0.346 e. The number of hydroxylamine groups is 1. The number of thiophene rings is 1. The first-order valence-electron chi connectivity index (χ1n) is 6.83. The van der Waals surface area contributed by atoms with Gasteiger partial charge in [-0.05, 0) is 35.7 Å². The molecule has 0 saturated heterocycles. The number of nitrogens with one attached hydrogen (secondary N) is 2. The number of hydrogen-bond donors (Lipinski definition) is 3. The summed E-state index contributed by atoms with van der Waals surface area (Å²) in [6.07, 6.45) is 1.67. The average molecular weight is 327 g/mol. The number of fused-ring (bicyclic) bond motifs is 1. The van der Waals surface area contributed by atoms with E-state index in [0.29, 0.717) is 17.0 Å². The Morgan fingerprint density at radius 3 is 2.74 bits per heavy atom. The summed E-state index contributed by atoms with van der Waals surface area (Å²) in [6.45, 7) is 0.348. The van der Waals surface area contributed by atoms with Crippen LogP contribution in [0.5, 0.6) is 0 Å². The van der Waals surface area contributed by atoms with E-state index in [1.807, 2.05) is 18.2 Å². The highest BCUT2D eigenvalue weighted by atomic mass is 32.1. The standard InChI is InChI=1S/C16H13N3O3S/c20-15(18-9-12-3-1-2-6-17-12)11-5-4-10-7-14(16(21)19-22)23-13(10)8-11/h1-8,22H,9H2,(H,18,20)(H,19,21). The molecule has 0 unspecified atom stereocenters. The van der Waals surface area contributed by atoms with Gasteiger partial charge in [-0.3, -0.25) is 19.8 Å². The third kappa shape index (κ3) is 3.36. The van der Waals surface area contributed by atoms with E-state index in [4.69, 9.17) is 5.21 Å². The summed E-state index contributed by atoms with van der Waals surface area (Å²) in [4.78, 5) is 28.2. The molecule has 116 valence electrons. The van der Waals surface area contributed by atoms with E-state index in [1.54, 1.807) is 35.9 Å². The Kier molecular flexibility index (Phi) is 4.31. The van der Waals surface area contributed by atoms with E-state index in [0.717, 1.165) is 15.8 Å². The highest BCUT2D eigenvalue weighted by Crippen LogP contribution is 2.26. The SMILES string of the molecule is O=C(NCc1ccccn1)c1ccc2cc(C(=O)NO)sc2c1. The van der Waals surface area contributed by atoms with Crippen molar-refractivity contribution in [3.63, 3.8) is 0 Å². The van der Waals surface area contributed by atoms with Crippen LogP contribution in [-0.4, -0.2) is 22.0 Å². The molecule has 2 heterocycles. The second-order valence-corrected chi connectivity index (χ2v) is 5.89. The third-order valence-electron chi connectivity index (χ3n) is 3.26. The van der Waals surface area contributed by atoms with Crippen molar-refractivity contribution < 1.29 is 14.8 Å². The van der Waals surface area contributed by atoms with Crippen molar-refractivity contribution in [3.05, 3.63) is 64.8 Å². The minimum Gasteiger partial charge on any atom is -0.346 e. The summed E-state index contributed by atoms with van der Waals surface area (Å²) in [5.41, 5.74) is 2.89. The van der Waals surface area contributed by atoms with E-state index in [2.05, 4.69) is 10.3 Å². The second kappa shape index (κ2) is 6.55. The zero-order chi connectivity index (χ0) is 16.2. The van der Waals surface area contributed by atoms with Gasteiger partial charge in [-0.15, -0.1) is 11.3 Å².